The van der Waals surface area contributed by atoms with Crippen LogP contribution >= 0.6 is 11.8 Å². The van der Waals surface area contributed by atoms with Crippen molar-refractivity contribution in [2.75, 3.05) is 19.6 Å². The van der Waals surface area contributed by atoms with Crippen LogP contribution in [-0.2, 0) is 0 Å². The van der Waals surface area contributed by atoms with Gasteiger partial charge in [0, 0.05) is 30.1 Å². The van der Waals surface area contributed by atoms with Crippen molar-refractivity contribution in [2.24, 2.45) is 0 Å². The molecule has 0 saturated carbocycles. The lowest BCUT2D eigenvalue weighted by atomic mass is 10.3. The molecule has 1 rings (SSSR count). The highest BCUT2D eigenvalue weighted by Gasteiger charge is 2.25. The summed E-state index contributed by atoms with van der Waals surface area (Å²) in [5, 5.41) is 4.04. The van der Waals surface area contributed by atoms with E-state index in [4.69, 9.17) is 0 Å². The summed E-state index contributed by atoms with van der Waals surface area (Å²) in [6.07, 6.45) is 0.999. The van der Waals surface area contributed by atoms with E-state index >= 15 is 0 Å². The van der Waals surface area contributed by atoms with E-state index in [0.717, 1.165) is 26.1 Å². The molecule has 2 unspecified atom stereocenters. The van der Waals surface area contributed by atoms with Gasteiger partial charge < -0.3 is 10.2 Å². The third-order valence-electron chi connectivity index (χ3n) is 2.23. The number of rotatable bonds is 2. The quantitative estimate of drug-likeness (QED) is 0.765. The van der Waals surface area contributed by atoms with Crippen LogP contribution in [0.1, 0.15) is 27.2 Å². The predicted octanol–water partition coefficient (Wildman–Crippen LogP) is 1.93. The summed E-state index contributed by atoms with van der Waals surface area (Å²) >= 11 is 1.96. The van der Waals surface area contributed by atoms with E-state index in [-0.39, 0.29) is 6.03 Å². The Hall–Kier alpha value is -0.380. The first-order valence-electron chi connectivity index (χ1n) is 5.31. The van der Waals surface area contributed by atoms with Crippen molar-refractivity contribution in [3.63, 3.8) is 0 Å². The molecular weight excluding hydrogens is 196 g/mol. The molecule has 0 radical (unpaired) electrons. The first-order chi connectivity index (χ1) is 6.63. The van der Waals surface area contributed by atoms with Crippen LogP contribution in [0.4, 0.5) is 4.79 Å². The second kappa shape index (κ2) is 5.49. The zero-order chi connectivity index (χ0) is 10.6. The lowest BCUT2D eigenvalue weighted by Gasteiger charge is -2.34. The minimum absolute atomic E-state index is 0.103. The van der Waals surface area contributed by atoms with Crippen molar-refractivity contribution in [3.05, 3.63) is 0 Å². The smallest absolute Gasteiger partial charge is 0.317 e. The number of thioether (sulfide) groups is 1. The molecule has 0 aliphatic carbocycles. The minimum atomic E-state index is 0.103. The van der Waals surface area contributed by atoms with Gasteiger partial charge in [-0.25, -0.2) is 4.79 Å². The van der Waals surface area contributed by atoms with Crippen molar-refractivity contribution in [3.8, 4) is 0 Å². The number of hydrogen-bond acceptors (Lipinski definition) is 2. The van der Waals surface area contributed by atoms with Gasteiger partial charge >= 0.3 is 6.03 Å². The Morgan fingerprint density at radius 2 is 2.00 bits per heavy atom. The van der Waals surface area contributed by atoms with Gasteiger partial charge in [0.1, 0.15) is 0 Å². The second-order valence-corrected chi connectivity index (χ2v) is 5.78. The van der Waals surface area contributed by atoms with Crippen LogP contribution in [0.2, 0.25) is 0 Å². The largest absolute Gasteiger partial charge is 0.338 e. The summed E-state index contributed by atoms with van der Waals surface area (Å²) in [6.45, 7) is 8.97. The molecule has 4 heteroatoms. The van der Waals surface area contributed by atoms with Crippen LogP contribution in [0.5, 0.6) is 0 Å². The van der Waals surface area contributed by atoms with Crippen LogP contribution < -0.4 is 5.32 Å². The number of urea groups is 1. The van der Waals surface area contributed by atoms with E-state index in [1.807, 2.05) is 16.7 Å². The fraction of sp³-hybridized carbons (Fsp3) is 0.900. The zero-order valence-electron chi connectivity index (χ0n) is 9.25. The Kier molecular flexibility index (Phi) is 4.58. The lowest BCUT2D eigenvalue weighted by molar-refractivity contribution is 0.197. The van der Waals surface area contributed by atoms with Gasteiger partial charge in [-0.15, -0.1) is 0 Å². The summed E-state index contributed by atoms with van der Waals surface area (Å²) in [5.41, 5.74) is 0. The highest BCUT2D eigenvalue weighted by Crippen LogP contribution is 2.24. The molecule has 14 heavy (non-hydrogen) atoms. The van der Waals surface area contributed by atoms with Crippen LogP contribution in [0, 0.1) is 0 Å². The van der Waals surface area contributed by atoms with Gasteiger partial charge in [-0.05, 0) is 6.42 Å². The molecule has 1 heterocycles. The maximum Gasteiger partial charge on any atom is 0.317 e. The van der Waals surface area contributed by atoms with E-state index in [0.29, 0.717) is 10.5 Å². The third kappa shape index (κ3) is 3.40. The van der Waals surface area contributed by atoms with E-state index in [1.165, 1.54) is 0 Å². The van der Waals surface area contributed by atoms with Crippen molar-refractivity contribution in [2.45, 2.75) is 37.7 Å². The monoisotopic (exact) mass is 216 g/mol. The van der Waals surface area contributed by atoms with E-state index in [2.05, 4.69) is 26.1 Å². The molecule has 0 bridgehead atoms. The first kappa shape index (κ1) is 11.7. The highest BCUT2D eigenvalue weighted by molar-refractivity contribution is 8.00. The highest BCUT2D eigenvalue weighted by atomic mass is 32.2. The number of amides is 2. The average molecular weight is 216 g/mol. The van der Waals surface area contributed by atoms with E-state index in [1.54, 1.807) is 0 Å². The van der Waals surface area contributed by atoms with Gasteiger partial charge in [0.05, 0.1) is 0 Å². The van der Waals surface area contributed by atoms with Gasteiger partial charge in [-0.3, -0.25) is 0 Å². The van der Waals surface area contributed by atoms with E-state index in [9.17, 15) is 4.79 Å². The Labute approximate surface area is 90.6 Å². The molecule has 1 fully saturated rings. The van der Waals surface area contributed by atoms with Crippen LogP contribution in [-0.4, -0.2) is 41.1 Å². The summed E-state index contributed by atoms with van der Waals surface area (Å²) in [6, 6.07) is 0.103. The topological polar surface area (TPSA) is 32.3 Å². The summed E-state index contributed by atoms with van der Waals surface area (Å²) in [5.74, 6) is 0. The molecule has 2 atom stereocenters. The van der Waals surface area contributed by atoms with Gasteiger partial charge in [-0.1, -0.05) is 20.8 Å². The van der Waals surface area contributed by atoms with Gasteiger partial charge in [0.15, 0.2) is 0 Å². The van der Waals surface area contributed by atoms with Gasteiger partial charge in [0.25, 0.3) is 0 Å². The van der Waals surface area contributed by atoms with Crippen LogP contribution in [0.15, 0.2) is 0 Å². The second-order valence-electron chi connectivity index (χ2n) is 3.89. The predicted molar refractivity (Wildman–Crippen MR) is 61.8 cm³/mol. The van der Waals surface area contributed by atoms with Gasteiger partial charge in [-0.2, -0.15) is 11.8 Å². The molecule has 0 spiro atoms. The molecule has 1 aliphatic heterocycles. The normalized spacial score (nSPS) is 27.5. The first-order valence-corrected chi connectivity index (χ1v) is 6.26. The van der Waals surface area contributed by atoms with Crippen molar-refractivity contribution < 1.29 is 4.79 Å². The molecule has 0 aromatic rings. The number of hydrogen-bond donors (Lipinski definition) is 1. The summed E-state index contributed by atoms with van der Waals surface area (Å²) < 4.78 is 0. The molecule has 2 amide bonds. The van der Waals surface area contributed by atoms with Gasteiger partial charge in [0.2, 0.25) is 0 Å². The number of nitrogens with zero attached hydrogens (tertiary/aromatic N) is 1. The average Bonchev–Trinajstić information content (AvgIpc) is 2.12. The Morgan fingerprint density at radius 3 is 2.50 bits per heavy atom. The number of carbonyl (C=O) groups is 1. The fourth-order valence-electron chi connectivity index (χ4n) is 1.69. The molecule has 82 valence electrons. The molecule has 1 aliphatic rings. The lowest BCUT2D eigenvalue weighted by Crippen LogP contribution is -2.48. The minimum Gasteiger partial charge on any atom is -0.338 e. The van der Waals surface area contributed by atoms with Crippen molar-refractivity contribution in [1.29, 1.82) is 0 Å². The standard InChI is InChI=1S/C10H20N2OS/c1-4-5-11-10(13)12-6-8(2)14-9(3)7-12/h8-9H,4-7H2,1-3H3,(H,11,13). The molecule has 1 N–H and O–H groups in total. The van der Waals surface area contributed by atoms with Crippen LogP contribution in [0.3, 0.4) is 0 Å². The zero-order valence-corrected chi connectivity index (χ0v) is 10.1. The number of nitrogens with one attached hydrogen (secondary N) is 1. The summed E-state index contributed by atoms with van der Waals surface area (Å²) in [7, 11) is 0. The Bertz CT molecular complexity index is 189. The Morgan fingerprint density at radius 1 is 1.43 bits per heavy atom. The van der Waals surface area contributed by atoms with Crippen LogP contribution in [0.25, 0.3) is 0 Å². The van der Waals surface area contributed by atoms with Crippen molar-refractivity contribution in [1.82, 2.24) is 10.2 Å². The van der Waals surface area contributed by atoms with Crippen molar-refractivity contribution >= 4 is 17.8 Å². The summed E-state index contributed by atoms with van der Waals surface area (Å²) in [4.78, 5) is 13.6. The number of carbonyl (C=O) groups excluding carboxylic acids is 1. The fourth-order valence-corrected chi connectivity index (χ4v) is 3.01. The molecule has 3 nitrogen and oxygen atoms in total. The van der Waals surface area contributed by atoms with E-state index < -0.39 is 0 Å². The molecule has 0 aromatic heterocycles. The molecule has 1 saturated heterocycles. The third-order valence-corrected chi connectivity index (χ3v) is 3.46. The molecular formula is C10H20N2OS. The molecule has 0 aromatic carbocycles. The SMILES string of the molecule is CCCNC(=O)N1CC(C)SC(C)C1. The Balaban J connectivity index is 2.38. The maximum absolute atomic E-state index is 11.7. The maximum atomic E-state index is 11.7.